The van der Waals surface area contributed by atoms with E-state index in [4.69, 9.17) is 18.9 Å². The zero-order chi connectivity index (χ0) is 35.4. The average Bonchev–Trinajstić information content (AvgIpc) is 3.79. The number of aliphatic hydroxyl groups excluding tert-OH is 1. The number of carbonyl (C=O) groups is 1. The topological polar surface area (TPSA) is 184 Å². The molecule has 2 N–H and O–H groups in total. The Kier molecular flexibility index (Phi) is 11.8. The molecular weight excluding hydrogens is 679 g/mol. The molecule has 0 aliphatic carbocycles. The van der Waals surface area contributed by atoms with E-state index in [0.717, 1.165) is 14.8 Å². The Hall–Kier alpha value is -2.99. The van der Waals surface area contributed by atoms with Gasteiger partial charge in [0.25, 0.3) is 0 Å². The van der Waals surface area contributed by atoms with E-state index >= 15 is 0 Å². The van der Waals surface area contributed by atoms with Gasteiger partial charge in [0.15, 0.2) is 17.8 Å². The van der Waals surface area contributed by atoms with Crippen LogP contribution in [0.1, 0.15) is 45.6 Å². The van der Waals surface area contributed by atoms with Gasteiger partial charge in [-0.25, -0.2) is 21.6 Å². The first kappa shape index (κ1) is 37.3. The Balaban J connectivity index is 1.47. The summed E-state index contributed by atoms with van der Waals surface area (Å²) in [5.74, 6) is 0.352. The number of nitrogens with one attached hydrogen (secondary N) is 1. The van der Waals surface area contributed by atoms with Crippen LogP contribution in [0, 0.1) is 11.3 Å². The van der Waals surface area contributed by atoms with E-state index in [-0.39, 0.29) is 61.6 Å². The third kappa shape index (κ3) is 9.03. The maximum atomic E-state index is 14.4. The van der Waals surface area contributed by atoms with Gasteiger partial charge in [-0.15, -0.1) is 0 Å². The number of nitrogens with zero attached hydrogens (tertiary/aromatic N) is 2. The fourth-order valence-electron chi connectivity index (χ4n) is 6.73. The number of benzene rings is 2. The van der Waals surface area contributed by atoms with Crippen molar-refractivity contribution in [3.8, 4) is 11.5 Å². The molecule has 0 radical (unpaired) electrons. The highest BCUT2D eigenvalue weighted by Gasteiger charge is 2.47. The van der Waals surface area contributed by atoms with Gasteiger partial charge in [-0.3, -0.25) is 0 Å². The van der Waals surface area contributed by atoms with Gasteiger partial charge < -0.3 is 38.9 Å². The second-order valence-electron chi connectivity index (χ2n) is 13.5. The molecule has 0 aromatic heterocycles. The minimum absolute atomic E-state index is 0.0261. The molecule has 0 unspecified atom stereocenters. The number of aliphatic hydroxyl groups is 1. The third-order valence-corrected chi connectivity index (χ3v) is 12.6. The molecule has 3 aliphatic rings. The Morgan fingerprint density at radius 2 is 1.82 bits per heavy atom. The van der Waals surface area contributed by atoms with Crippen molar-refractivity contribution in [2.45, 2.75) is 75.8 Å². The van der Waals surface area contributed by atoms with Crippen LogP contribution >= 0.6 is 0 Å². The molecule has 2 fully saturated rings. The summed E-state index contributed by atoms with van der Waals surface area (Å²) in [6, 6.07) is 11.5. The van der Waals surface area contributed by atoms with Gasteiger partial charge in [0, 0.05) is 31.6 Å². The molecule has 0 saturated carbocycles. The lowest BCUT2D eigenvalue weighted by molar-refractivity contribution is -0.273. The zero-order valence-corrected chi connectivity index (χ0v) is 29.7. The van der Waals surface area contributed by atoms with Gasteiger partial charge in [-0.1, -0.05) is 51.1 Å². The Labute approximate surface area is 288 Å². The van der Waals surface area contributed by atoms with Gasteiger partial charge >= 0.3 is 0 Å². The van der Waals surface area contributed by atoms with Crippen LogP contribution in [0.4, 0.5) is 4.79 Å². The van der Waals surface area contributed by atoms with Crippen LogP contribution in [0.25, 0.3) is 0 Å². The Bertz CT molecular complexity index is 1660. The van der Waals surface area contributed by atoms with Gasteiger partial charge in [0.1, 0.15) is 6.09 Å². The molecular formula is C33H46N3O11S2-. The van der Waals surface area contributed by atoms with Crippen molar-refractivity contribution in [3.63, 3.8) is 0 Å². The number of hydrogen-bond acceptors (Lipinski definition) is 11. The van der Waals surface area contributed by atoms with Crippen LogP contribution in [-0.4, -0.2) is 107 Å². The van der Waals surface area contributed by atoms with Crippen molar-refractivity contribution < 1.29 is 50.8 Å². The number of carbonyl (C=O) groups excluding carboxylic acids is 1. The van der Waals surface area contributed by atoms with Crippen molar-refractivity contribution in [2.24, 2.45) is 11.3 Å². The second kappa shape index (κ2) is 15.5. The molecule has 2 aromatic rings. The second-order valence-corrected chi connectivity index (χ2v) is 17.4. The maximum absolute atomic E-state index is 14.4. The van der Waals surface area contributed by atoms with Crippen molar-refractivity contribution in [1.29, 1.82) is 0 Å². The van der Waals surface area contributed by atoms with Crippen LogP contribution < -0.4 is 19.3 Å². The maximum Gasteiger partial charge on any atom is 0.243 e. The molecule has 1 amide bonds. The first-order chi connectivity index (χ1) is 23.2. The summed E-state index contributed by atoms with van der Waals surface area (Å²) in [5.41, 5.74) is -0.0463. The van der Waals surface area contributed by atoms with Crippen molar-refractivity contribution in [2.75, 3.05) is 45.4 Å². The molecule has 5 rings (SSSR count). The van der Waals surface area contributed by atoms with E-state index in [9.17, 15) is 31.8 Å². The number of rotatable bonds is 17. The molecule has 0 bridgehead atoms. The van der Waals surface area contributed by atoms with Crippen LogP contribution in [0.3, 0.4) is 0 Å². The molecule has 49 heavy (non-hydrogen) atoms. The van der Waals surface area contributed by atoms with E-state index in [2.05, 4.69) is 4.72 Å². The highest BCUT2D eigenvalue weighted by molar-refractivity contribution is 7.89. The summed E-state index contributed by atoms with van der Waals surface area (Å²) >= 11 is 0. The fraction of sp³-hybridized carbons (Fsp3) is 0.606. The minimum atomic E-state index is -4.33. The lowest BCUT2D eigenvalue weighted by Gasteiger charge is -2.43. The van der Waals surface area contributed by atoms with E-state index in [1.165, 1.54) is 18.2 Å². The zero-order valence-electron chi connectivity index (χ0n) is 28.0. The summed E-state index contributed by atoms with van der Waals surface area (Å²) in [4.78, 5) is 13.9. The molecule has 3 aliphatic heterocycles. The van der Waals surface area contributed by atoms with E-state index < -0.39 is 62.6 Å². The third-order valence-electron chi connectivity index (χ3n) is 9.24. The normalized spacial score (nSPS) is 21.9. The van der Waals surface area contributed by atoms with Gasteiger partial charge in [0.2, 0.25) is 26.8 Å². The molecule has 0 spiro atoms. The lowest BCUT2D eigenvalue weighted by atomic mass is 9.89. The Morgan fingerprint density at radius 3 is 2.53 bits per heavy atom. The quantitative estimate of drug-likeness (QED) is 0.241. The largest absolute Gasteiger partial charge is 0.530 e. The van der Waals surface area contributed by atoms with Gasteiger partial charge in [-0.05, 0) is 48.8 Å². The number of ether oxygens (including phenoxy) is 4. The van der Waals surface area contributed by atoms with Crippen LogP contribution in [-0.2, 0) is 35.9 Å². The first-order valence-corrected chi connectivity index (χ1v) is 19.6. The number of carboxylic acid groups (broad SMARTS) is 1. The summed E-state index contributed by atoms with van der Waals surface area (Å²) in [7, 11) is -7.81. The molecule has 14 nitrogen and oxygen atoms in total. The van der Waals surface area contributed by atoms with Crippen molar-refractivity contribution >= 4 is 26.1 Å². The Morgan fingerprint density at radius 1 is 1.08 bits per heavy atom. The number of amides is 1. The van der Waals surface area contributed by atoms with E-state index in [1.807, 2.05) is 18.2 Å². The minimum Gasteiger partial charge on any atom is -0.530 e. The van der Waals surface area contributed by atoms with E-state index in [1.54, 1.807) is 32.9 Å². The molecule has 3 heterocycles. The van der Waals surface area contributed by atoms with E-state index in [0.29, 0.717) is 25.2 Å². The first-order valence-electron chi connectivity index (χ1n) is 16.5. The monoisotopic (exact) mass is 724 g/mol. The standard InChI is InChI=1S/C33H47N3O11S2/c1-4-16-48(40,41)34-14-13-33(2,3)21-35(49(42,43)24-10-11-29-30(18-24)47-22-46-29)19-28(37)26(17-23-8-6-5-7-9-23)36(32(38)39)27-20-45-31-25(27)12-15-44-31/h5-11,18,25-28,31,34,37H,4,12-17,19-22H2,1-3H3,(H,38,39)/p-1/t25-,26-,27-,28+,31+/m0/s1. The summed E-state index contributed by atoms with van der Waals surface area (Å²) in [6.45, 7) is 5.26. The SMILES string of the molecule is CCCS(=O)(=O)NCCC(C)(C)CN(C[C@@H](O)[C@H](Cc1ccccc1)N(C(=O)[O-])[C@H]1CO[C@H]2OCC[C@H]21)S(=O)(=O)c1ccc2c(c1)OCO2. The summed E-state index contributed by atoms with van der Waals surface area (Å²) < 4.78 is 79.3. The van der Waals surface area contributed by atoms with Crippen LogP contribution in [0.2, 0.25) is 0 Å². The molecule has 5 atom stereocenters. The smallest absolute Gasteiger partial charge is 0.243 e. The predicted molar refractivity (Wildman–Crippen MR) is 177 cm³/mol. The van der Waals surface area contributed by atoms with Crippen molar-refractivity contribution in [3.05, 3.63) is 54.1 Å². The van der Waals surface area contributed by atoms with Crippen LogP contribution in [0.15, 0.2) is 53.4 Å². The summed E-state index contributed by atoms with van der Waals surface area (Å²) in [5, 5.41) is 24.9. The lowest BCUT2D eigenvalue weighted by Crippen LogP contribution is -2.61. The van der Waals surface area contributed by atoms with Gasteiger partial charge in [0.05, 0.1) is 42.0 Å². The number of hydrogen-bond donors (Lipinski definition) is 2. The average molecular weight is 725 g/mol. The fourth-order valence-corrected chi connectivity index (χ4v) is 9.49. The number of fused-ring (bicyclic) bond motifs is 2. The number of sulfonamides is 2. The molecule has 272 valence electrons. The van der Waals surface area contributed by atoms with Crippen LogP contribution in [0.5, 0.6) is 11.5 Å². The highest BCUT2D eigenvalue weighted by atomic mass is 32.2. The predicted octanol–water partition coefficient (Wildman–Crippen LogP) is 1.53. The van der Waals surface area contributed by atoms with Gasteiger partial charge in [-0.2, -0.15) is 4.31 Å². The molecule has 2 aromatic carbocycles. The highest BCUT2D eigenvalue weighted by Crippen LogP contribution is 2.38. The molecule has 16 heteroatoms. The molecule has 2 saturated heterocycles. The summed E-state index contributed by atoms with van der Waals surface area (Å²) in [6.07, 6.45) is -2.22. The van der Waals surface area contributed by atoms with Crippen molar-refractivity contribution in [1.82, 2.24) is 13.9 Å².